The number of nitrogens with zero attached hydrogens (tertiary/aromatic N) is 3. The summed E-state index contributed by atoms with van der Waals surface area (Å²) in [4.78, 5) is 6.39. The summed E-state index contributed by atoms with van der Waals surface area (Å²) >= 11 is 6.40. The molecule has 8 nitrogen and oxygen atoms in total. The van der Waals surface area contributed by atoms with E-state index in [0.717, 1.165) is 38.2 Å². The third-order valence-electron chi connectivity index (χ3n) is 5.70. The Labute approximate surface area is 204 Å². The second-order valence-electron chi connectivity index (χ2n) is 8.02. The van der Waals surface area contributed by atoms with Crippen molar-refractivity contribution in [1.29, 1.82) is 5.26 Å². The van der Waals surface area contributed by atoms with E-state index in [1.807, 2.05) is 24.0 Å². The summed E-state index contributed by atoms with van der Waals surface area (Å²) in [6, 6.07) is 12.7. The van der Waals surface area contributed by atoms with Gasteiger partial charge < -0.3 is 25.2 Å². The number of rotatable bonds is 10. The number of aliphatic hydroxyl groups is 1. The summed E-state index contributed by atoms with van der Waals surface area (Å²) in [6.45, 7) is 5.30. The summed E-state index contributed by atoms with van der Waals surface area (Å²) in [5, 5.41) is 27.7. The van der Waals surface area contributed by atoms with Gasteiger partial charge in [-0.05, 0) is 43.7 Å². The Morgan fingerprint density at radius 3 is 2.76 bits per heavy atom. The monoisotopic (exact) mass is 481 g/mol. The number of benzene rings is 2. The molecule has 34 heavy (non-hydrogen) atoms. The van der Waals surface area contributed by atoms with Gasteiger partial charge >= 0.3 is 0 Å². The van der Waals surface area contributed by atoms with Gasteiger partial charge in [-0.15, -0.1) is 0 Å². The number of nitrogens with one attached hydrogen (secondary N) is 2. The highest BCUT2D eigenvalue weighted by molar-refractivity contribution is 6.33. The van der Waals surface area contributed by atoms with Crippen molar-refractivity contribution in [3.05, 3.63) is 53.2 Å². The standard InChI is InChI=1S/C25H28ClN5O3/c1-2-28-16-30-21-6-5-18(12-20(21)26)34-23-7-8-29-22-13-24(17(14-27)11-19(22)23)33-15-25(32)31-9-3-4-10-31/h5-8,11-13,25,28,30,32H,2-4,9-10,15-16H2,1H3. The van der Waals surface area contributed by atoms with E-state index in [0.29, 0.717) is 45.4 Å². The predicted molar refractivity (Wildman–Crippen MR) is 132 cm³/mol. The minimum atomic E-state index is -0.702. The third kappa shape index (κ3) is 5.69. The normalized spacial score (nSPS) is 14.6. The molecule has 1 atom stereocenters. The van der Waals surface area contributed by atoms with Crippen LogP contribution in [-0.4, -0.2) is 54.1 Å². The van der Waals surface area contributed by atoms with Crippen LogP contribution in [-0.2, 0) is 0 Å². The lowest BCUT2D eigenvalue weighted by Crippen LogP contribution is -2.37. The van der Waals surface area contributed by atoms with Gasteiger partial charge in [0.25, 0.3) is 0 Å². The van der Waals surface area contributed by atoms with Crippen LogP contribution in [0.5, 0.6) is 17.2 Å². The maximum Gasteiger partial charge on any atom is 0.141 e. The number of ether oxygens (including phenoxy) is 2. The Kier molecular flexibility index (Phi) is 8.03. The first-order valence-corrected chi connectivity index (χ1v) is 11.8. The minimum Gasteiger partial charge on any atom is -0.488 e. The molecular weight excluding hydrogens is 454 g/mol. The summed E-state index contributed by atoms with van der Waals surface area (Å²) in [6.07, 6.45) is 3.08. The maximum atomic E-state index is 10.4. The fourth-order valence-electron chi connectivity index (χ4n) is 3.87. The predicted octanol–water partition coefficient (Wildman–Crippen LogP) is 4.32. The molecule has 0 bridgehead atoms. The molecule has 1 aliphatic heterocycles. The van der Waals surface area contributed by atoms with Crippen molar-refractivity contribution >= 4 is 28.2 Å². The molecule has 0 saturated carbocycles. The van der Waals surface area contributed by atoms with E-state index in [1.165, 1.54) is 0 Å². The molecule has 1 aliphatic rings. The van der Waals surface area contributed by atoms with Crippen LogP contribution >= 0.6 is 11.6 Å². The molecule has 3 N–H and O–H groups in total. The highest BCUT2D eigenvalue weighted by atomic mass is 35.5. The number of hydrogen-bond acceptors (Lipinski definition) is 8. The highest BCUT2D eigenvalue weighted by Crippen LogP contribution is 2.35. The number of aliphatic hydroxyl groups excluding tert-OH is 1. The molecule has 0 radical (unpaired) electrons. The Balaban J connectivity index is 1.53. The van der Waals surface area contributed by atoms with Crippen molar-refractivity contribution in [1.82, 2.24) is 15.2 Å². The molecule has 178 valence electrons. The van der Waals surface area contributed by atoms with Gasteiger partial charge in [-0.1, -0.05) is 18.5 Å². The first-order valence-electron chi connectivity index (χ1n) is 11.4. The van der Waals surface area contributed by atoms with Gasteiger partial charge in [0.15, 0.2) is 0 Å². The lowest BCUT2D eigenvalue weighted by atomic mass is 10.1. The molecule has 0 amide bonds. The van der Waals surface area contributed by atoms with Crippen LogP contribution < -0.4 is 20.1 Å². The van der Waals surface area contributed by atoms with Gasteiger partial charge in [0.05, 0.1) is 28.5 Å². The van der Waals surface area contributed by atoms with Crippen molar-refractivity contribution in [2.24, 2.45) is 0 Å². The maximum absolute atomic E-state index is 10.4. The number of halogens is 1. The smallest absolute Gasteiger partial charge is 0.141 e. The second-order valence-corrected chi connectivity index (χ2v) is 8.43. The first-order chi connectivity index (χ1) is 16.6. The van der Waals surface area contributed by atoms with Crippen LogP contribution in [0, 0.1) is 11.3 Å². The van der Waals surface area contributed by atoms with E-state index < -0.39 is 6.23 Å². The molecule has 1 aromatic heterocycles. The zero-order chi connectivity index (χ0) is 23.9. The van der Waals surface area contributed by atoms with E-state index in [9.17, 15) is 10.4 Å². The first kappa shape index (κ1) is 24.0. The lowest BCUT2D eigenvalue weighted by Gasteiger charge is -2.22. The minimum absolute atomic E-state index is 0.0863. The van der Waals surface area contributed by atoms with Crippen molar-refractivity contribution in [3.8, 4) is 23.3 Å². The van der Waals surface area contributed by atoms with Crippen LogP contribution in [0.1, 0.15) is 25.3 Å². The zero-order valence-corrected chi connectivity index (χ0v) is 19.8. The largest absolute Gasteiger partial charge is 0.488 e. The van der Waals surface area contributed by atoms with Gasteiger partial charge in [-0.2, -0.15) is 5.26 Å². The second kappa shape index (κ2) is 11.4. The van der Waals surface area contributed by atoms with Crippen LogP contribution in [0.3, 0.4) is 0 Å². The number of hydrogen-bond donors (Lipinski definition) is 3. The van der Waals surface area contributed by atoms with E-state index >= 15 is 0 Å². The zero-order valence-electron chi connectivity index (χ0n) is 19.1. The average Bonchev–Trinajstić information content (AvgIpc) is 3.39. The molecule has 0 spiro atoms. The number of likely N-dealkylation sites (tertiary alicyclic amines) is 1. The van der Waals surface area contributed by atoms with Crippen LogP contribution in [0.4, 0.5) is 5.69 Å². The van der Waals surface area contributed by atoms with Gasteiger partial charge in [-0.25, -0.2) is 0 Å². The number of pyridine rings is 1. The number of anilines is 1. The number of fused-ring (bicyclic) bond motifs is 1. The molecule has 2 aromatic carbocycles. The Bertz CT molecular complexity index is 1180. The van der Waals surface area contributed by atoms with E-state index in [1.54, 1.807) is 30.5 Å². The van der Waals surface area contributed by atoms with Gasteiger partial charge in [0, 0.05) is 36.8 Å². The third-order valence-corrected chi connectivity index (χ3v) is 6.01. The molecular formula is C25H28ClN5O3. The Morgan fingerprint density at radius 2 is 2.03 bits per heavy atom. The van der Waals surface area contributed by atoms with Crippen molar-refractivity contribution in [3.63, 3.8) is 0 Å². The fourth-order valence-corrected chi connectivity index (χ4v) is 4.10. The Hall–Kier alpha value is -3.09. The molecule has 4 rings (SSSR count). The van der Waals surface area contributed by atoms with Crippen LogP contribution in [0.2, 0.25) is 5.02 Å². The summed E-state index contributed by atoms with van der Waals surface area (Å²) < 4.78 is 11.9. The summed E-state index contributed by atoms with van der Waals surface area (Å²) in [7, 11) is 0. The van der Waals surface area contributed by atoms with Gasteiger partial charge in [0.1, 0.15) is 36.2 Å². The van der Waals surface area contributed by atoms with Crippen LogP contribution in [0.25, 0.3) is 10.9 Å². The molecule has 3 aromatic rings. The molecule has 2 heterocycles. The molecule has 1 saturated heterocycles. The molecule has 1 fully saturated rings. The van der Waals surface area contributed by atoms with Gasteiger partial charge in [-0.3, -0.25) is 9.88 Å². The van der Waals surface area contributed by atoms with Crippen LogP contribution in [0.15, 0.2) is 42.6 Å². The molecule has 0 aliphatic carbocycles. The van der Waals surface area contributed by atoms with Crippen molar-refractivity contribution in [2.75, 3.05) is 38.2 Å². The van der Waals surface area contributed by atoms with E-state index in [-0.39, 0.29) is 6.61 Å². The van der Waals surface area contributed by atoms with Gasteiger partial charge in [0.2, 0.25) is 0 Å². The highest BCUT2D eigenvalue weighted by Gasteiger charge is 2.21. The van der Waals surface area contributed by atoms with E-state index in [4.69, 9.17) is 21.1 Å². The SMILES string of the molecule is CCNCNc1ccc(Oc2ccnc3cc(OCC(O)N4CCCC4)c(C#N)cc23)cc1Cl. The average molecular weight is 482 g/mol. The number of aromatic nitrogens is 1. The summed E-state index contributed by atoms with van der Waals surface area (Å²) in [5.74, 6) is 1.51. The Morgan fingerprint density at radius 1 is 1.21 bits per heavy atom. The number of nitriles is 1. The molecule has 9 heteroatoms. The molecule has 1 unspecified atom stereocenters. The van der Waals surface area contributed by atoms with Crippen molar-refractivity contribution < 1.29 is 14.6 Å². The topological polar surface area (TPSA) is 103 Å². The fraction of sp³-hybridized carbons (Fsp3) is 0.360. The summed E-state index contributed by atoms with van der Waals surface area (Å²) in [5.41, 5.74) is 1.77. The van der Waals surface area contributed by atoms with E-state index in [2.05, 4.69) is 21.7 Å². The van der Waals surface area contributed by atoms with Crippen molar-refractivity contribution in [2.45, 2.75) is 26.0 Å². The lowest BCUT2D eigenvalue weighted by molar-refractivity contribution is -0.0142. The quantitative estimate of drug-likeness (QED) is 0.290.